The van der Waals surface area contributed by atoms with E-state index in [1.165, 1.54) is 0 Å². The van der Waals surface area contributed by atoms with E-state index >= 15 is 0 Å². The number of rotatable bonds is 2. The monoisotopic (exact) mass is 236 g/mol. The van der Waals surface area contributed by atoms with Crippen molar-refractivity contribution in [2.75, 3.05) is 7.11 Å². The predicted octanol–water partition coefficient (Wildman–Crippen LogP) is 2.08. The second-order valence-corrected chi connectivity index (χ2v) is 2.72. The van der Waals surface area contributed by atoms with Gasteiger partial charge in [0.15, 0.2) is 0 Å². The smallest absolute Gasteiger partial charge is 0.507 e. The minimum absolute atomic E-state index is 0.239. The second kappa shape index (κ2) is 4.30. The SMILES string of the molecule is COC(=O)c1ccc(OC(F)(F)F)cc1O. The number of ether oxygens (including phenoxy) is 2. The van der Waals surface area contributed by atoms with Crippen molar-refractivity contribution in [3.63, 3.8) is 0 Å². The lowest BCUT2D eigenvalue weighted by atomic mass is 10.2. The fraction of sp³-hybridized carbons (Fsp3) is 0.222. The van der Waals surface area contributed by atoms with E-state index in [2.05, 4.69) is 9.47 Å². The van der Waals surface area contributed by atoms with Crippen LogP contribution in [0.4, 0.5) is 13.2 Å². The molecular weight excluding hydrogens is 229 g/mol. The third-order valence-electron chi connectivity index (χ3n) is 1.61. The molecule has 0 aromatic heterocycles. The molecule has 1 rings (SSSR count). The Morgan fingerprint density at radius 3 is 2.44 bits per heavy atom. The molecule has 0 aliphatic carbocycles. The van der Waals surface area contributed by atoms with Gasteiger partial charge in [0.1, 0.15) is 17.1 Å². The number of carbonyl (C=O) groups excluding carboxylic acids is 1. The minimum Gasteiger partial charge on any atom is -0.507 e. The van der Waals surface area contributed by atoms with Gasteiger partial charge in [-0.1, -0.05) is 0 Å². The molecule has 0 unspecified atom stereocenters. The van der Waals surface area contributed by atoms with Gasteiger partial charge in [0, 0.05) is 6.07 Å². The van der Waals surface area contributed by atoms with Gasteiger partial charge < -0.3 is 14.6 Å². The van der Waals surface area contributed by atoms with E-state index in [1.807, 2.05) is 0 Å². The molecule has 0 saturated carbocycles. The summed E-state index contributed by atoms with van der Waals surface area (Å²) in [5.41, 5.74) is -0.239. The van der Waals surface area contributed by atoms with Crippen LogP contribution in [-0.4, -0.2) is 24.5 Å². The Labute approximate surface area is 88.2 Å². The summed E-state index contributed by atoms with van der Waals surface area (Å²) < 4.78 is 43.2. The first kappa shape index (κ1) is 12.2. The van der Waals surface area contributed by atoms with Crippen LogP contribution in [0.1, 0.15) is 10.4 Å². The molecule has 0 heterocycles. The van der Waals surface area contributed by atoms with Crippen LogP contribution < -0.4 is 4.74 Å². The van der Waals surface area contributed by atoms with E-state index in [0.717, 1.165) is 19.2 Å². The maximum absolute atomic E-state index is 11.8. The van der Waals surface area contributed by atoms with Gasteiger partial charge in [-0.05, 0) is 12.1 Å². The molecule has 0 spiro atoms. The van der Waals surface area contributed by atoms with Crippen LogP contribution >= 0.6 is 0 Å². The number of hydrogen-bond donors (Lipinski definition) is 1. The summed E-state index contributed by atoms with van der Waals surface area (Å²) in [6.45, 7) is 0. The van der Waals surface area contributed by atoms with Crippen LogP contribution in [0.2, 0.25) is 0 Å². The Bertz CT molecular complexity index is 400. The summed E-state index contributed by atoms with van der Waals surface area (Å²) in [7, 11) is 1.09. The minimum atomic E-state index is -4.85. The average molecular weight is 236 g/mol. The van der Waals surface area contributed by atoms with Crippen LogP contribution in [-0.2, 0) is 4.74 Å². The van der Waals surface area contributed by atoms with Crippen molar-refractivity contribution in [2.45, 2.75) is 6.36 Å². The molecule has 7 heteroatoms. The van der Waals surface area contributed by atoms with Crippen molar-refractivity contribution >= 4 is 5.97 Å². The Kier molecular flexibility index (Phi) is 3.26. The summed E-state index contributed by atoms with van der Waals surface area (Å²) in [5.74, 6) is -2.11. The Balaban J connectivity index is 2.96. The number of methoxy groups -OCH3 is 1. The lowest BCUT2D eigenvalue weighted by molar-refractivity contribution is -0.274. The molecule has 0 saturated heterocycles. The fourth-order valence-electron chi connectivity index (χ4n) is 0.991. The number of hydrogen-bond acceptors (Lipinski definition) is 4. The van der Waals surface area contributed by atoms with Crippen molar-refractivity contribution < 1.29 is 32.5 Å². The maximum Gasteiger partial charge on any atom is 0.573 e. The number of phenolic OH excluding ortho intramolecular Hbond substituents is 1. The van der Waals surface area contributed by atoms with Crippen LogP contribution in [0.25, 0.3) is 0 Å². The molecule has 0 radical (unpaired) electrons. The first-order valence-corrected chi connectivity index (χ1v) is 4.00. The zero-order valence-corrected chi connectivity index (χ0v) is 8.04. The maximum atomic E-state index is 11.8. The highest BCUT2D eigenvalue weighted by Gasteiger charge is 2.31. The lowest BCUT2D eigenvalue weighted by Crippen LogP contribution is -2.17. The zero-order valence-electron chi connectivity index (χ0n) is 8.04. The fourth-order valence-corrected chi connectivity index (χ4v) is 0.991. The van der Waals surface area contributed by atoms with Crippen LogP contribution in [0.3, 0.4) is 0 Å². The van der Waals surface area contributed by atoms with Crippen molar-refractivity contribution in [3.8, 4) is 11.5 Å². The third kappa shape index (κ3) is 3.04. The highest BCUT2D eigenvalue weighted by atomic mass is 19.4. The normalized spacial score (nSPS) is 11.0. The number of benzene rings is 1. The summed E-state index contributed by atoms with van der Waals surface area (Å²) >= 11 is 0. The van der Waals surface area contributed by atoms with Gasteiger partial charge in [0.2, 0.25) is 0 Å². The van der Waals surface area contributed by atoms with E-state index in [4.69, 9.17) is 0 Å². The molecule has 0 fully saturated rings. The topological polar surface area (TPSA) is 55.8 Å². The molecule has 1 aromatic carbocycles. The Morgan fingerprint density at radius 2 is 2.00 bits per heavy atom. The number of carbonyl (C=O) groups is 1. The zero-order chi connectivity index (χ0) is 12.3. The molecule has 0 aliphatic rings. The van der Waals surface area contributed by atoms with E-state index < -0.39 is 23.8 Å². The summed E-state index contributed by atoms with van der Waals surface area (Å²) in [4.78, 5) is 11.0. The molecule has 0 amide bonds. The van der Waals surface area contributed by atoms with Gasteiger partial charge in [0.05, 0.1) is 7.11 Å². The van der Waals surface area contributed by atoms with E-state index in [1.54, 1.807) is 0 Å². The molecule has 16 heavy (non-hydrogen) atoms. The van der Waals surface area contributed by atoms with Crippen molar-refractivity contribution in [1.29, 1.82) is 0 Å². The second-order valence-electron chi connectivity index (χ2n) is 2.72. The third-order valence-corrected chi connectivity index (χ3v) is 1.61. The van der Waals surface area contributed by atoms with Crippen molar-refractivity contribution in [3.05, 3.63) is 23.8 Å². The molecule has 1 aromatic rings. The lowest BCUT2D eigenvalue weighted by Gasteiger charge is -2.09. The molecule has 1 N–H and O–H groups in total. The van der Waals surface area contributed by atoms with Crippen LogP contribution in [0.15, 0.2) is 18.2 Å². The van der Waals surface area contributed by atoms with Gasteiger partial charge in [-0.25, -0.2) is 4.79 Å². The standard InChI is InChI=1S/C9H7F3O4/c1-15-8(14)6-3-2-5(4-7(6)13)16-9(10,11)12/h2-4,13H,1H3. The molecular formula is C9H7F3O4. The molecule has 88 valence electrons. The average Bonchev–Trinajstić information content (AvgIpc) is 2.14. The molecule has 0 atom stereocenters. The van der Waals surface area contributed by atoms with Crippen LogP contribution in [0, 0.1) is 0 Å². The van der Waals surface area contributed by atoms with Crippen molar-refractivity contribution in [1.82, 2.24) is 0 Å². The Morgan fingerprint density at radius 1 is 1.38 bits per heavy atom. The number of alkyl halides is 3. The highest BCUT2D eigenvalue weighted by molar-refractivity contribution is 5.92. The van der Waals surface area contributed by atoms with E-state index in [-0.39, 0.29) is 5.56 Å². The van der Waals surface area contributed by atoms with Crippen molar-refractivity contribution in [2.24, 2.45) is 0 Å². The molecule has 0 aliphatic heterocycles. The van der Waals surface area contributed by atoms with E-state index in [0.29, 0.717) is 6.07 Å². The number of esters is 1. The number of phenols is 1. The van der Waals surface area contributed by atoms with Gasteiger partial charge in [-0.2, -0.15) is 0 Å². The van der Waals surface area contributed by atoms with Crippen LogP contribution in [0.5, 0.6) is 11.5 Å². The largest absolute Gasteiger partial charge is 0.573 e. The molecule has 4 nitrogen and oxygen atoms in total. The van der Waals surface area contributed by atoms with Gasteiger partial charge >= 0.3 is 12.3 Å². The first-order chi connectivity index (χ1) is 7.33. The Hall–Kier alpha value is -1.92. The van der Waals surface area contributed by atoms with Gasteiger partial charge in [-0.3, -0.25) is 0 Å². The van der Waals surface area contributed by atoms with Gasteiger partial charge in [0.25, 0.3) is 0 Å². The summed E-state index contributed by atoms with van der Waals surface area (Å²) in [5, 5.41) is 9.24. The first-order valence-electron chi connectivity index (χ1n) is 4.00. The van der Waals surface area contributed by atoms with E-state index in [9.17, 15) is 23.1 Å². The number of halogens is 3. The highest BCUT2D eigenvalue weighted by Crippen LogP contribution is 2.28. The predicted molar refractivity (Wildman–Crippen MR) is 46.1 cm³/mol. The quantitative estimate of drug-likeness (QED) is 0.798. The summed E-state index contributed by atoms with van der Waals surface area (Å²) in [6.07, 6.45) is -4.85. The summed E-state index contributed by atoms with van der Waals surface area (Å²) in [6, 6.07) is 2.56. The molecule has 0 bridgehead atoms. The van der Waals surface area contributed by atoms with Gasteiger partial charge in [-0.15, -0.1) is 13.2 Å². The number of aromatic hydroxyl groups is 1.